The SMILES string of the molecule is CN=S(C)(=O)c1cnc(C)nc1. The summed E-state index contributed by atoms with van der Waals surface area (Å²) in [6.45, 7) is 1.78. The fourth-order valence-electron chi connectivity index (χ4n) is 0.682. The molecule has 1 unspecified atom stereocenters. The van der Waals surface area contributed by atoms with Gasteiger partial charge in [0.05, 0.1) is 14.6 Å². The normalized spacial score (nSPS) is 15.2. The van der Waals surface area contributed by atoms with Gasteiger partial charge in [0.2, 0.25) is 0 Å². The van der Waals surface area contributed by atoms with Crippen LogP contribution in [0, 0.1) is 6.92 Å². The quantitative estimate of drug-likeness (QED) is 0.652. The number of hydrogen-bond donors (Lipinski definition) is 0. The first kappa shape index (κ1) is 9.12. The lowest BCUT2D eigenvalue weighted by Gasteiger charge is -2.00. The first-order chi connectivity index (χ1) is 5.56. The second-order valence-electron chi connectivity index (χ2n) is 2.45. The van der Waals surface area contributed by atoms with Crippen molar-refractivity contribution in [2.75, 3.05) is 13.3 Å². The van der Waals surface area contributed by atoms with Gasteiger partial charge in [0, 0.05) is 25.7 Å². The first-order valence-corrected chi connectivity index (χ1v) is 5.37. The zero-order valence-electron chi connectivity index (χ0n) is 7.31. The van der Waals surface area contributed by atoms with Crippen molar-refractivity contribution in [3.8, 4) is 0 Å². The van der Waals surface area contributed by atoms with Crippen molar-refractivity contribution >= 4 is 9.73 Å². The van der Waals surface area contributed by atoms with Crippen molar-refractivity contribution in [1.82, 2.24) is 9.97 Å². The Hall–Kier alpha value is -0.970. The molecule has 0 aliphatic heterocycles. The summed E-state index contributed by atoms with van der Waals surface area (Å²) in [4.78, 5) is 8.47. The molecule has 0 aliphatic carbocycles. The van der Waals surface area contributed by atoms with Gasteiger partial charge in [0.15, 0.2) is 0 Å². The molecule has 66 valence electrons. The summed E-state index contributed by atoms with van der Waals surface area (Å²) in [7, 11) is -0.735. The highest BCUT2D eigenvalue weighted by Crippen LogP contribution is 2.06. The smallest absolute Gasteiger partial charge is 0.125 e. The summed E-state index contributed by atoms with van der Waals surface area (Å²) in [5, 5.41) is 0. The molecule has 1 aromatic rings. The summed E-state index contributed by atoms with van der Waals surface area (Å²) in [5.41, 5.74) is 0. The van der Waals surface area contributed by atoms with Gasteiger partial charge in [-0.2, -0.15) is 0 Å². The topological polar surface area (TPSA) is 55.2 Å². The molecular weight excluding hydrogens is 174 g/mol. The maximum atomic E-state index is 11.6. The maximum Gasteiger partial charge on any atom is 0.125 e. The molecule has 12 heavy (non-hydrogen) atoms. The van der Waals surface area contributed by atoms with Gasteiger partial charge < -0.3 is 0 Å². The summed E-state index contributed by atoms with van der Waals surface area (Å²) in [5.74, 6) is 0.671. The first-order valence-electron chi connectivity index (χ1n) is 3.45. The Kier molecular flexibility index (Phi) is 2.42. The number of hydrogen-bond acceptors (Lipinski definition) is 4. The van der Waals surface area contributed by atoms with Gasteiger partial charge in [-0.3, -0.25) is 0 Å². The third-order valence-corrected chi connectivity index (χ3v) is 3.33. The Bertz CT molecular complexity index is 376. The monoisotopic (exact) mass is 185 g/mol. The molecule has 0 amide bonds. The van der Waals surface area contributed by atoms with Crippen LogP contribution >= 0.6 is 0 Å². The summed E-state index contributed by atoms with van der Waals surface area (Å²) < 4.78 is 15.4. The molecule has 0 aliphatic rings. The minimum atomic E-state index is -2.26. The van der Waals surface area contributed by atoms with Gasteiger partial charge in [-0.05, 0) is 6.92 Å². The third-order valence-electron chi connectivity index (χ3n) is 1.54. The molecule has 0 saturated heterocycles. The fourth-order valence-corrected chi connectivity index (χ4v) is 1.39. The Morgan fingerprint density at radius 3 is 2.33 bits per heavy atom. The molecule has 5 heteroatoms. The lowest BCUT2D eigenvalue weighted by molar-refractivity contribution is 0.679. The van der Waals surface area contributed by atoms with Crippen molar-refractivity contribution in [2.24, 2.45) is 4.36 Å². The van der Waals surface area contributed by atoms with Crippen molar-refractivity contribution in [3.05, 3.63) is 18.2 Å². The molecule has 4 nitrogen and oxygen atoms in total. The lowest BCUT2D eigenvalue weighted by atomic mass is 10.6. The van der Waals surface area contributed by atoms with Gasteiger partial charge in [0.25, 0.3) is 0 Å². The number of rotatable bonds is 1. The molecule has 1 heterocycles. The molecule has 0 N–H and O–H groups in total. The van der Waals surface area contributed by atoms with E-state index in [0.717, 1.165) is 0 Å². The zero-order valence-corrected chi connectivity index (χ0v) is 8.13. The summed E-state index contributed by atoms with van der Waals surface area (Å²) in [6.07, 6.45) is 4.68. The second kappa shape index (κ2) is 3.18. The standard InChI is InChI=1S/C7H11N3OS/c1-6-9-4-7(5-10-6)12(3,11)8-2/h4-5H,1-3H3. The molecule has 0 radical (unpaired) electrons. The summed E-state index contributed by atoms with van der Waals surface area (Å²) in [6, 6.07) is 0. The third kappa shape index (κ3) is 1.79. The van der Waals surface area contributed by atoms with Gasteiger partial charge in [-0.1, -0.05) is 0 Å². The van der Waals surface area contributed by atoms with E-state index < -0.39 is 9.73 Å². The highest BCUT2D eigenvalue weighted by atomic mass is 32.2. The Balaban J connectivity index is 3.24. The van der Waals surface area contributed by atoms with Crippen LogP contribution < -0.4 is 0 Å². The van der Waals surface area contributed by atoms with Crippen LogP contribution in [-0.4, -0.2) is 27.5 Å². The van der Waals surface area contributed by atoms with E-state index in [-0.39, 0.29) is 0 Å². The van der Waals surface area contributed by atoms with Gasteiger partial charge >= 0.3 is 0 Å². The predicted molar refractivity (Wildman–Crippen MR) is 47.5 cm³/mol. The van der Waals surface area contributed by atoms with E-state index in [1.807, 2.05) is 0 Å². The van der Waals surface area contributed by atoms with Gasteiger partial charge in [-0.15, -0.1) is 0 Å². The molecule has 0 aromatic carbocycles. The second-order valence-corrected chi connectivity index (χ2v) is 4.89. The molecule has 0 saturated carbocycles. The van der Waals surface area contributed by atoms with Crippen LogP contribution in [0.25, 0.3) is 0 Å². The number of aryl methyl sites for hydroxylation is 1. The maximum absolute atomic E-state index is 11.6. The van der Waals surface area contributed by atoms with Gasteiger partial charge in [-0.25, -0.2) is 18.5 Å². The summed E-state index contributed by atoms with van der Waals surface area (Å²) >= 11 is 0. The average Bonchev–Trinajstić information content (AvgIpc) is 2.05. The van der Waals surface area contributed by atoms with E-state index in [2.05, 4.69) is 14.3 Å². The van der Waals surface area contributed by atoms with Crippen LogP contribution in [-0.2, 0) is 9.73 Å². The minimum Gasteiger partial charge on any atom is -0.245 e. The van der Waals surface area contributed by atoms with Crippen LogP contribution in [0.15, 0.2) is 21.7 Å². The Morgan fingerprint density at radius 2 is 1.92 bits per heavy atom. The van der Waals surface area contributed by atoms with Crippen LogP contribution in [0.5, 0.6) is 0 Å². The van der Waals surface area contributed by atoms with Crippen LogP contribution in [0.3, 0.4) is 0 Å². The number of nitrogens with zero attached hydrogens (tertiary/aromatic N) is 3. The molecule has 1 aromatic heterocycles. The van der Waals surface area contributed by atoms with E-state index in [4.69, 9.17) is 0 Å². The molecule has 0 bridgehead atoms. The highest BCUT2D eigenvalue weighted by Gasteiger charge is 2.04. The minimum absolute atomic E-state index is 0.579. The zero-order chi connectivity index (χ0) is 9.19. The Morgan fingerprint density at radius 1 is 1.42 bits per heavy atom. The lowest BCUT2D eigenvalue weighted by Crippen LogP contribution is -1.99. The van der Waals surface area contributed by atoms with Crippen molar-refractivity contribution in [2.45, 2.75) is 11.8 Å². The van der Waals surface area contributed by atoms with Crippen LogP contribution in [0.4, 0.5) is 0 Å². The van der Waals surface area contributed by atoms with E-state index in [0.29, 0.717) is 10.7 Å². The van der Waals surface area contributed by atoms with Crippen LogP contribution in [0.2, 0.25) is 0 Å². The molecule has 1 rings (SSSR count). The van der Waals surface area contributed by atoms with E-state index in [9.17, 15) is 4.21 Å². The fraction of sp³-hybridized carbons (Fsp3) is 0.429. The van der Waals surface area contributed by atoms with Crippen molar-refractivity contribution < 1.29 is 4.21 Å². The largest absolute Gasteiger partial charge is 0.245 e. The van der Waals surface area contributed by atoms with Crippen molar-refractivity contribution in [1.29, 1.82) is 0 Å². The predicted octanol–water partition coefficient (Wildman–Crippen LogP) is 0.872. The van der Waals surface area contributed by atoms with E-state index in [1.54, 1.807) is 25.6 Å². The molecule has 0 fully saturated rings. The molecule has 1 atom stereocenters. The highest BCUT2D eigenvalue weighted by molar-refractivity contribution is 7.93. The average molecular weight is 185 g/mol. The number of aromatic nitrogens is 2. The Labute approximate surface area is 72.2 Å². The molecule has 0 spiro atoms. The van der Waals surface area contributed by atoms with Crippen LogP contribution in [0.1, 0.15) is 5.82 Å². The van der Waals surface area contributed by atoms with E-state index >= 15 is 0 Å². The van der Waals surface area contributed by atoms with E-state index in [1.165, 1.54) is 7.05 Å². The van der Waals surface area contributed by atoms with Gasteiger partial charge in [0.1, 0.15) is 5.82 Å². The molecular formula is C7H11N3OS. The van der Waals surface area contributed by atoms with Crippen molar-refractivity contribution in [3.63, 3.8) is 0 Å².